The normalized spacial score (nSPS) is 15.8. The van der Waals surface area contributed by atoms with Gasteiger partial charge < -0.3 is 15.1 Å². The quantitative estimate of drug-likeness (QED) is 0.747. The molecular formula is C15H17N7OS. The first-order valence-electron chi connectivity index (χ1n) is 7.69. The van der Waals surface area contributed by atoms with Crippen LogP contribution in [0.3, 0.4) is 0 Å². The number of carbonyl (C=O) groups is 1. The number of thiazole rings is 1. The van der Waals surface area contributed by atoms with Gasteiger partial charge in [-0.2, -0.15) is 5.10 Å². The zero-order valence-corrected chi connectivity index (χ0v) is 14.0. The van der Waals surface area contributed by atoms with Gasteiger partial charge in [-0.15, -0.1) is 0 Å². The second-order valence-corrected chi connectivity index (χ2v) is 6.79. The zero-order chi connectivity index (χ0) is 16.5. The van der Waals surface area contributed by atoms with Gasteiger partial charge in [-0.25, -0.2) is 9.97 Å². The number of aromatic amines is 1. The van der Waals surface area contributed by atoms with E-state index < -0.39 is 0 Å². The Hall–Kier alpha value is -2.52. The topological polar surface area (TPSA) is 90.0 Å². The molecule has 0 spiro atoms. The van der Waals surface area contributed by atoms with Crippen LogP contribution in [0.15, 0.2) is 24.7 Å². The van der Waals surface area contributed by atoms with Gasteiger partial charge in [-0.05, 0) is 13.1 Å². The predicted octanol–water partition coefficient (Wildman–Crippen LogP) is 1.42. The third-order valence-corrected chi connectivity index (χ3v) is 5.10. The summed E-state index contributed by atoms with van der Waals surface area (Å²) in [4.78, 5) is 26.1. The van der Waals surface area contributed by atoms with E-state index in [9.17, 15) is 4.79 Å². The maximum Gasteiger partial charge on any atom is 0.267 e. The molecule has 2 N–H and O–H groups in total. The molecule has 0 unspecified atom stereocenters. The summed E-state index contributed by atoms with van der Waals surface area (Å²) in [5.74, 6) is -0.169. The molecule has 0 bridgehead atoms. The lowest BCUT2D eigenvalue weighted by Gasteiger charge is -2.32. The SMILES string of the molecule is CN1CCN(c2ncc(C(=O)Nc3cnc4[nH]ncc4c3)s2)CC1. The van der Waals surface area contributed by atoms with Gasteiger partial charge in [0.2, 0.25) is 0 Å². The molecule has 0 atom stereocenters. The van der Waals surface area contributed by atoms with E-state index >= 15 is 0 Å². The van der Waals surface area contributed by atoms with E-state index in [-0.39, 0.29) is 5.91 Å². The molecule has 3 aromatic rings. The molecule has 0 radical (unpaired) electrons. The van der Waals surface area contributed by atoms with Crippen molar-refractivity contribution >= 4 is 39.1 Å². The first kappa shape index (κ1) is 15.0. The van der Waals surface area contributed by atoms with Gasteiger partial charge in [-0.3, -0.25) is 9.89 Å². The van der Waals surface area contributed by atoms with Gasteiger partial charge in [0.1, 0.15) is 4.88 Å². The van der Waals surface area contributed by atoms with Crippen LogP contribution in [0.5, 0.6) is 0 Å². The van der Waals surface area contributed by atoms with Gasteiger partial charge in [0.25, 0.3) is 5.91 Å². The fourth-order valence-corrected chi connectivity index (χ4v) is 3.47. The molecule has 1 fully saturated rings. The number of anilines is 2. The highest BCUT2D eigenvalue weighted by molar-refractivity contribution is 7.17. The summed E-state index contributed by atoms with van der Waals surface area (Å²) in [5.41, 5.74) is 1.34. The number of pyridine rings is 1. The molecule has 1 aliphatic rings. The number of carbonyl (C=O) groups excluding carboxylic acids is 1. The molecule has 1 aliphatic heterocycles. The van der Waals surface area contributed by atoms with Gasteiger partial charge in [0, 0.05) is 31.6 Å². The van der Waals surface area contributed by atoms with E-state index in [1.807, 2.05) is 6.07 Å². The van der Waals surface area contributed by atoms with E-state index in [1.165, 1.54) is 11.3 Å². The van der Waals surface area contributed by atoms with Crippen LogP contribution in [0.25, 0.3) is 11.0 Å². The van der Waals surface area contributed by atoms with Crippen LogP contribution in [0.2, 0.25) is 0 Å². The first-order valence-corrected chi connectivity index (χ1v) is 8.50. The lowest BCUT2D eigenvalue weighted by Crippen LogP contribution is -2.44. The second kappa shape index (κ2) is 6.17. The van der Waals surface area contributed by atoms with E-state index in [1.54, 1.807) is 18.6 Å². The number of H-pyrrole nitrogens is 1. The van der Waals surface area contributed by atoms with Crippen LogP contribution in [-0.2, 0) is 0 Å². The van der Waals surface area contributed by atoms with Crippen LogP contribution in [0.1, 0.15) is 9.67 Å². The Morgan fingerprint density at radius 3 is 2.88 bits per heavy atom. The maximum atomic E-state index is 12.4. The van der Waals surface area contributed by atoms with Gasteiger partial charge >= 0.3 is 0 Å². The van der Waals surface area contributed by atoms with Crippen molar-refractivity contribution in [1.29, 1.82) is 0 Å². The molecule has 124 valence electrons. The van der Waals surface area contributed by atoms with Crippen molar-refractivity contribution in [2.45, 2.75) is 0 Å². The fourth-order valence-electron chi connectivity index (χ4n) is 2.61. The average Bonchev–Trinajstić information content (AvgIpc) is 3.24. The fraction of sp³-hybridized carbons (Fsp3) is 0.333. The Morgan fingerprint density at radius 2 is 2.04 bits per heavy atom. The molecular weight excluding hydrogens is 326 g/mol. The predicted molar refractivity (Wildman–Crippen MR) is 93.7 cm³/mol. The number of likely N-dealkylation sites (N-methyl/N-ethyl adjacent to an activating group) is 1. The summed E-state index contributed by atoms with van der Waals surface area (Å²) in [5, 5.41) is 11.3. The molecule has 1 amide bonds. The summed E-state index contributed by atoms with van der Waals surface area (Å²) >= 11 is 1.42. The Kier molecular flexibility index (Phi) is 3.87. The molecule has 0 aromatic carbocycles. The van der Waals surface area contributed by atoms with E-state index in [4.69, 9.17) is 0 Å². The first-order chi connectivity index (χ1) is 11.7. The number of piperazine rings is 1. The van der Waals surface area contributed by atoms with Crippen molar-refractivity contribution in [1.82, 2.24) is 25.1 Å². The highest BCUT2D eigenvalue weighted by Crippen LogP contribution is 2.24. The largest absolute Gasteiger partial charge is 0.346 e. The summed E-state index contributed by atoms with van der Waals surface area (Å²) in [6.45, 7) is 3.90. The third kappa shape index (κ3) is 2.95. The highest BCUT2D eigenvalue weighted by atomic mass is 32.1. The van der Waals surface area contributed by atoms with Crippen molar-refractivity contribution in [3.05, 3.63) is 29.5 Å². The molecule has 4 rings (SSSR count). The minimum absolute atomic E-state index is 0.169. The van der Waals surface area contributed by atoms with Crippen molar-refractivity contribution in [3.63, 3.8) is 0 Å². The number of fused-ring (bicyclic) bond motifs is 1. The number of aromatic nitrogens is 4. The molecule has 8 nitrogen and oxygen atoms in total. The number of nitrogens with one attached hydrogen (secondary N) is 2. The van der Waals surface area contributed by atoms with Gasteiger partial charge in [0.15, 0.2) is 10.8 Å². The maximum absolute atomic E-state index is 12.4. The van der Waals surface area contributed by atoms with Gasteiger partial charge in [-0.1, -0.05) is 11.3 Å². The summed E-state index contributed by atoms with van der Waals surface area (Å²) in [6, 6.07) is 1.84. The molecule has 24 heavy (non-hydrogen) atoms. The number of amides is 1. The minimum atomic E-state index is -0.169. The summed E-state index contributed by atoms with van der Waals surface area (Å²) < 4.78 is 0. The monoisotopic (exact) mass is 343 g/mol. The minimum Gasteiger partial charge on any atom is -0.346 e. The van der Waals surface area contributed by atoms with Gasteiger partial charge in [0.05, 0.1) is 24.3 Å². The van der Waals surface area contributed by atoms with Crippen molar-refractivity contribution in [2.24, 2.45) is 0 Å². The summed E-state index contributed by atoms with van der Waals surface area (Å²) in [7, 11) is 2.11. The van der Waals surface area contributed by atoms with Crippen LogP contribution >= 0.6 is 11.3 Å². The van der Waals surface area contributed by atoms with Crippen LogP contribution < -0.4 is 10.2 Å². The van der Waals surface area contributed by atoms with E-state index in [0.29, 0.717) is 16.2 Å². The zero-order valence-electron chi connectivity index (χ0n) is 13.2. The average molecular weight is 343 g/mol. The van der Waals surface area contributed by atoms with Crippen LogP contribution in [-0.4, -0.2) is 64.2 Å². The number of hydrogen-bond donors (Lipinski definition) is 2. The Balaban J connectivity index is 1.46. The van der Waals surface area contributed by atoms with E-state index in [0.717, 1.165) is 36.7 Å². The summed E-state index contributed by atoms with van der Waals surface area (Å²) in [6.07, 6.45) is 4.93. The van der Waals surface area contributed by atoms with Crippen molar-refractivity contribution < 1.29 is 4.79 Å². The smallest absolute Gasteiger partial charge is 0.267 e. The molecule has 1 saturated heterocycles. The lowest BCUT2D eigenvalue weighted by atomic mass is 10.3. The number of hydrogen-bond acceptors (Lipinski definition) is 7. The van der Waals surface area contributed by atoms with Crippen LogP contribution in [0.4, 0.5) is 10.8 Å². The third-order valence-electron chi connectivity index (χ3n) is 4.04. The molecule has 0 aliphatic carbocycles. The molecule has 9 heteroatoms. The van der Waals surface area contributed by atoms with Crippen molar-refractivity contribution in [3.8, 4) is 0 Å². The van der Waals surface area contributed by atoms with E-state index in [2.05, 4.69) is 42.3 Å². The Bertz CT molecular complexity index is 865. The highest BCUT2D eigenvalue weighted by Gasteiger charge is 2.19. The Morgan fingerprint density at radius 1 is 1.21 bits per heavy atom. The number of rotatable bonds is 3. The lowest BCUT2D eigenvalue weighted by molar-refractivity contribution is 0.103. The Labute approximate surface area is 142 Å². The van der Waals surface area contributed by atoms with Crippen molar-refractivity contribution in [2.75, 3.05) is 43.4 Å². The molecule has 0 saturated carbocycles. The molecule has 3 aromatic heterocycles. The standard InChI is InChI=1S/C15H17N7OS/c1-21-2-4-22(5-3-21)15-17-9-12(24-15)14(23)19-11-6-10-7-18-20-13(10)16-8-11/h6-9H,2-5H2,1H3,(H,19,23)(H,16,18,20). The molecule has 4 heterocycles. The van der Waals surface area contributed by atoms with Crippen LogP contribution in [0, 0.1) is 0 Å². The second-order valence-electron chi connectivity index (χ2n) is 5.78. The number of nitrogens with zero attached hydrogens (tertiary/aromatic N) is 5.